The Morgan fingerprint density at radius 1 is 1.47 bits per heavy atom. The number of anilines is 1. The van der Waals surface area contributed by atoms with Crippen LogP contribution >= 0.6 is 23.8 Å². The number of amides is 1. The third kappa shape index (κ3) is 3.36. The van der Waals surface area contributed by atoms with E-state index >= 15 is 0 Å². The van der Waals surface area contributed by atoms with Crippen LogP contribution in [0.25, 0.3) is 0 Å². The zero-order valence-electron chi connectivity index (χ0n) is 11.3. The Hall–Kier alpha value is -1.33. The van der Waals surface area contributed by atoms with E-state index in [1.807, 2.05) is 6.92 Å². The molecular formula is C13H17ClN2O2S. The molecule has 1 aromatic carbocycles. The quantitative estimate of drug-likeness (QED) is 0.839. The van der Waals surface area contributed by atoms with Gasteiger partial charge in [0, 0.05) is 11.1 Å². The molecule has 4 nitrogen and oxygen atoms in total. The third-order valence-corrected chi connectivity index (χ3v) is 3.83. The van der Waals surface area contributed by atoms with Crippen LogP contribution in [0.1, 0.15) is 19.4 Å². The van der Waals surface area contributed by atoms with Gasteiger partial charge in [-0.1, -0.05) is 23.8 Å². The number of hydrogen-bond donors (Lipinski definition) is 2. The molecule has 0 saturated carbocycles. The van der Waals surface area contributed by atoms with E-state index in [2.05, 4.69) is 5.32 Å². The summed E-state index contributed by atoms with van der Waals surface area (Å²) in [6.07, 6.45) is 0. The van der Waals surface area contributed by atoms with E-state index in [9.17, 15) is 4.79 Å². The van der Waals surface area contributed by atoms with Crippen LogP contribution < -0.4 is 15.8 Å². The number of hydrogen-bond acceptors (Lipinski definition) is 3. The van der Waals surface area contributed by atoms with Crippen LogP contribution in [0.15, 0.2) is 12.1 Å². The Balaban J connectivity index is 3.10. The lowest BCUT2D eigenvalue weighted by molar-refractivity contribution is -0.121. The van der Waals surface area contributed by atoms with E-state index in [0.29, 0.717) is 16.5 Å². The molecule has 0 radical (unpaired) electrons. The highest BCUT2D eigenvalue weighted by atomic mass is 35.5. The summed E-state index contributed by atoms with van der Waals surface area (Å²) in [6.45, 7) is 5.18. The van der Waals surface area contributed by atoms with E-state index in [0.717, 1.165) is 5.56 Å². The summed E-state index contributed by atoms with van der Waals surface area (Å²) in [5, 5.41) is 3.33. The number of thiocarbonyl (C=S) groups is 1. The van der Waals surface area contributed by atoms with Crippen molar-refractivity contribution in [2.45, 2.75) is 20.8 Å². The molecule has 6 heteroatoms. The average Bonchev–Trinajstić information content (AvgIpc) is 2.33. The van der Waals surface area contributed by atoms with Gasteiger partial charge in [-0.2, -0.15) is 0 Å². The molecule has 0 atom stereocenters. The van der Waals surface area contributed by atoms with Crippen LogP contribution in [0.5, 0.6) is 5.75 Å². The molecule has 1 rings (SSSR count). The number of nitrogens with two attached hydrogens (primary N) is 1. The van der Waals surface area contributed by atoms with Crippen LogP contribution in [-0.2, 0) is 4.79 Å². The first-order chi connectivity index (χ1) is 8.70. The molecule has 1 amide bonds. The van der Waals surface area contributed by atoms with Crippen molar-refractivity contribution in [2.75, 3.05) is 12.4 Å². The molecule has 3 N–H and O–H groups in total. The van der Waals surface area contributed by atoms with Gasteiger partial charge in [0.15, 0.2) is 0 Å². The minimum absolute atomic E-state index is 0.134. The summed E-state index contributed by atoms with van der Waals surface area (Å²) >= 11 is 10.9. The third-order valence-electron chi connectivity index (χ3n) is 2.91. The van der Waals surface area contributed by atoms with Crippen molar-refractivity contribution in [1.82, 2.24) is 0 Å². The number of carbonyl (C=O) groups is 1. The molecule has 0 fully saturated rings. The zero-order chi connectivity index (χ0) is 14.8. The van der Waals surface area contributed by atoms with Crippen molar-refractivity contribution in [3.63, 3.8) is 0 Å². The van der Waals surface area contributed by atoms with Crippen LogP contribution in [0, 0.1) is 12.3 Å². The molecule has 0 spiro atoms. The lowest BCUT2D eigenvalue weighted by Gasteiger charge is -2.23. The standard InChI is InChI=1S/C13H17ClN2O2S/c1-7-5-9(10(18-4)6-8(7)14)16-12(17)13(2,3)11(15)19/h5-6H,1-4H3,(H2,15,19)(H,16,17). The highest BCUT2D eigenvalue weighted by Gasteiger charge is 2.31. The number of nitrogens with one attached hydrogen (secondary N) is 1. The molecule has 19 heavy (non-hydrogen) atoms. The summed E-state index contributed by atoms with van der Waals surface area (Å²) in [5.74, 6) is 0.197. The predicted octanol–water partition coefficient (Wildman–Crippen LogP) is 2.91. The Bertz CT molecular complexity index is 530. The van der Waals surface area contributed by atoms with Crippen LogP contribution in [-0.4, -0.2) is 18.0 Å². The van der Waals surface area contributed by atoms with Crippen molar-refractivity contribution < 1.29 is 9.53 Å². The minimum atomic E-state index is -0.937. The van der Waals surface area contributed by atoms with E-state index in [4.69, 9.17) is 34.3 Å². The van der Waals surface area contributed by atoms with Crippen LogP contribution in [0.4, 0.5) is 5.69 Å². The normalized spacial score (nSPS) is 11.0. The first-order valence-electron chi connectivity index (χ1n) is 5.65. The molecular weight excluding hydrogens is 284 g/mol. The highest BCUT2D eigenvalue weighted by molar-refractivity contribution is 7.80. The lowest BCUT2D eigenvalue weighted by atomic mass is 9.92. The molecule has 0 aliphatic heterocycles. The van der Waals surface area contributed by atoms with Gasteiger partial charge in [-0.15, -0.1) is 0 Å². The maximum Gasteiger partial charge on any atom is 0.236 e. The summed E-state index contributed by atoms with van der Waals surface area (Å²) < 4.78 is 5.19. The average molecular weight is 301 g/mol. The van der Waals surface area contributed by atoms with Crippen molar-refractivity contribution in [3.05, 3.63) is 22.7 Å². The van der Waals surface area contributed by atoms with Crippen molar-refractivity contribution in [3.8, 4) is 5.75 Å². The molecule has 0 aromatic heterocycles. The number of ether oxygens (including phenoxy) is 1. The van der Waals surface area contributed by atoms with E-state index < -0.39 is 5.41 Å². The lowest BCUT2D eigenvalue weighted by Crippen LogP contribution is -2.41. The number of carbonyl (C=O) groups excluding carboxylic acids is 1. The second-order valence-corrected chi connectivity index (χ2v) is 5.59. The van der Waals surface area contributed by atoms with Gasteiger partial charge < -0.3 is 15.8 Å². The van der Waals surface area contributed by atoms with E-state index in [-0.39, 0.29) is 10.9 Å². The van der Waals surface area contributed by atoms with Gasteiger partial charge >= 0.3 is 0 Å². The Labute approximate surface area is 123 Å². The SMILES string of the molecule is COc1cc(Cl)c(C)cc1NC(=O)C(C)(C)C(N)=S. The first-order valence-corrected chi connectivity index (χ1v) is 6.44. The fraction of sp³-hybridized carbons (Fsp3) is 0.385. The Morgan fingerprint density at radius 2 is 2.05 bits per heavy atom. The first kappa shape index (κ1) is 15.7. The molecule has 0 bridgehead atoms. The fourth-order valence-electron chi connectivity index (χ4n) is 1.32. The molecule has 104 valence electrons. The zero-order valence-corrected chi connectivity index (χ0v) is 12.9. The van der Waals surface area contributed by atoms with Crippen molar-refractivity contribution in [1.29, 1.82) is 0 Å². The van der Waals surface area contributed by atoms with E-state index in [1.165, 1.54) is 7.11 Å². The number of rotatable bonds is 4. The number of aryl methyl sites for hydroxylation is 1. The highest BCUT2D eigenvalue weighted by Crippen LogP contribution is 2.32. The summed E-state index contributed by atoms with van der Waals surface area (Å²) in [4.78, 5) is 12.3. The van der Waals surface area contributed by atoms with Gasteiger partial charge in [0.05, 0.1) is 23.2 Å². The molecule has 0 saturated heterocycles. The largest absolute Gasteiger partial charge is 0.495 e. The van der Waals surface area contributed by atoms with Gasteiger partial charge in [-0.05, 0) is 32.4 Å². The number of methoxy groups -OCH3 is 1. The van der Waals surface area contributed by atoms with Crippen LogP contribution in [0.2, 0.25) is 5.02 Å². The molecule has 0 heterocycles. The number of halogens is 1. The van der Waals surface area contributed by atoms with E-state index in [1.54, 1.807) is 26.0 Å². The second kappa shape index (κ2) is 5.75. The predicted molar refractivity (Wildman–Crippen MR) is 81.9 cm³/mol. The molecule has 0 aliphatic carbocycles. The summed E-state index contributed by atoms with van der Waals surface area (Å²) in [7, 11) is 1.51. The maximum atomic E-state index is 12.2. The maximum absolute atomic E-state index is 12.2. The second-order valence-electron chi connectivity index (χ2n) is 4.75. The van der Waals surface area contributed by atoms with Crippen LogP contribution in [0.3, 0.4) is 0 Å². The van der Waals surface area contributed by atoms with Gasteiger partial charge in [0.1, 0.15) is 5.75 Å². The van der Waals surface area contributed by atoms with Crippen molar-refractivity contribution >= 4 is 40.4 Å². The Morgan fingerprint density at radius 3 is 2.53 bits per heavy atom. The Kier molecular flexibility index (Phi) is 4.76. The summed E-state index contributed by atoms with van der Waals surface area (Å²) in [6, 6.07) is 3.40. The van der Waals surface area contributed by atoms with Gasteiger partial charge in [0.25, 0.3) is 0 Å². The topological polar surface area (TPSA) is 64.3 Å². The minimum Gasteiger partial charge on any atom is -0.495 e. The summed E-state index contributed by atoms with van der Waals surface area (Å²) in [5.41, 5.74) is 6.01. The van der Waals surface area contributed by atoms with Gasteiger partial charge in [-0.25, -0.2) is 0 Å². The van der Waals surface area contributed by atoms with Gasteiger partial charge in [0.2, 0.25) is 5.91 Å². The fourth-order valence-corrected chi connectivity index (χ4v) is 1.57. The monoisotopic (exact) mass is 300 g/mol. The number of benzene rings is 1. The molecule has 0 unspecified atom stereocenters. The van der Waals surface area contributed by atoms with Gasteiger partial charge in [-0.3, -0.25) is 4.79 Å². The molecule has 1 aromatic rings. The van der Waals surface area contributed by atoms with Crippen molar-refractivity contribution in [2.24, 2.45) is 11.1 Å². The smallest absolute Gasteiger partial charge is 0.236 e. The molecule has 0 aliphatic rings.